The molecule has 0 aliphatic carbocycles. The second-order valence-corrected chi connectivity index (χ2v) is 6.61. The Morgan fingerprint density at radius 1 is 1.33 bits per heavy atom. The van der Waals surface area contributed by atoms with Gasteiger partial charge in [0.25, 0.3) is 5.91 Å². The van der Waals surface area contributed by atoms with Gasteiger partial charge in [0.1, 0.15) is 0 Å². The summed E-state index contributed by atoms with van der Waals surface area (Å²) in [6.45, 7) is 5.95. The predicted octanol–water partition coefficient (Wildman–Crippen LogP) is 0.828. The normalized spacial score (nSPS) is 13.2. The van der Waals surface area contributed by atoms with E-state index in [1.54, 1.807) is 26.8 Å². The Morgan fingerprint density at radius 3 is 2.48 bits per heavy atom. The number of sulfonamides is 1. The molecule has 1 atom stereocenters. The van der Waals surface area contributed by atoms with Crippen LogP contribution in [0.1, 0.15) is 31.1 Å². The largest absolute Gasteiger partial charge is 0.392 e. The molecular formula is C14H22N2O4S. The van der Waals surface area contributed by atoms with Crippen LogP contribution in [-0.2, 0) is 10.0 Å². The van der Waals surface area contributed by atoms with E-state index in [4.69, 9.17) is 5.11 Å². The molecule has 1 rings (SSSR count). The number of nitrogens with zero attached hydrogens (tertiary/aromatic N) is 1. The van der Waals surface area contributed by atoms with Gasteiger partial charge in [0.05, 0.1) is 11.0 Å². The van der Waals surface area contributed by atoms with E-state index in [9.17, 15) is 13.2 Å². The second-order valence-electron chi connectivity index (χ2n) is 4.68. The molecule has 0 saturated heterocycles. The molecule has 0 spiro atoms. The lowest BCUT2D eigenvalue weighted by molar-refractivity contribution is 0.0924. The number of benzene rings is 1. The number of amides is 1. The Hall–Kier alpha value is -1.44. The van der Waals surface area contributed by atoms with Gasteiger partial charge < -0.3 is 10.4 Å². The first-order valence-electron chi connectivity index (χ1n) is 6.89. The molecule has 1 amide bonds. The fourth-order valence-corrected chi connectivity index (χ4v) is 3.36. The molecule has 1 aromatic rings. The number of hydrogen-bond acceptors (Lipinski definition) is 4. The Labute approximate surface area is 125 Å². The molecule has 6 nitrogen and oxygen atoms in total. The number of aliphatic hydroxyl groups is 1. The second kappa shape index (κ2) is 7.53. The van der Waals surface area contributed by atoms with E-state index in [1.165, 1.54) is 22.5 Å². The summed E-state index contributed by atoms with van der Waals surface area (Å²) in [5.74, 6) is -0.410. The summed E-state index contributed by atoms with van der Waals surface area (Å²) in [6.07, 6.45) is -0.656. The summed E-state index contributed by atoms with van der Waals surface area (Å²) in [7, 11) is -3.58. The molecule has 0 bridgehead atoms. The van der Waals surface area contributed by atoms with Gasteiger partial charge in [-0.15, -0.1) is 0 Å². The SMILES string of the molecule is CCN(CC)S(=O)(=O)c1cccc(C(=O)NC[C@@H](C)O)c1. The number of nitrogens with one attached hydrogen (secondary N) is 1. The molecule has 0 saturated carbocycles. The van der Waals surface area contributed by atoms with E-state index in [2.05, 4.69) is 5.32 Å². The minimum absolute atomic E-state index is 0.0934. The quantitative estimate of drug-likeness (QED) is 0.780. The third-order valence-electron chi connectivity index (χ3n) is 3.00. The highest BCUT2D eigenvalue weighted by molar-refractivity contribution is 7.89. The van der Waals surface area contributed by atoms with E-state index in [0.29, 0.717) is 13.1 Å². The molecule has 0 aliphatic heterocycles. The zero-order valence-electron chi connectivity index (χ0n) is 12.5. The van der Waals surface area contributed by atoms with Crippen molar-refractivity contribution in [3.8, 4) is 0 Å². The Bertz CT molecular complexity index is 580. The minimum atomic E-state index is -3.58. The highest BCUT2D eigenvalue weighted by Gasteiger charge is 2.22. The van der Waals surface area contributed by atoms with Crippen LogP contribution >= 0.6 is 0 Å². The first kappa shape index (κ1) is 17.6. The van der Waals surface area contributed by atoms with E-state index < -0.39 is 22.0 Å². The number of aliphatic hydroxyl groups excluding tert-OH is 1. The molecule has 0 radical (unpaired) electrons. The number of carbonyl (C=O) groups excluding carboxylic acids is 1. The van der Waals surface area contributed by atoms with Gasteiger partial charge >= 0.3 is 0 Å². The molecule has 2 N–H and O–H groups in total. The van der Waals surface area contributed by atoms with E-state index in [0.717, 1.165) is 0 Å². The lowest BCUT2D eigenvalue weighted by Gasteiger charge is -2.18. The van der Waals surface area contributed by atoms with E-state index in [1.807, 2.05) is 0 Å². The topological polar surface area (TPSA) is 86.7 Å². The molecule has 118 valence electrons. The molecule has 0 aliphatic rings. The number of rotatable bonds is 7. The maximum atomic E-state index is 12.4. The Balaban J connectivity index is 3.03. The minimum Gasteiger partial charge on any atom is -0.392 e. The van der Waals surface area contributed by atoms with Gasteiger partial charge in [-0.1, -0.05) is 19.9 Å². The summed E-state index contributed by atoms with van der Waals surface area (Å²) in [6, 6.07) is 5.90. The van der Waals surface area contributed by atoms with Crippen molar-refractivity contribution in [1.29, 1.82) is 0 Å². The maximum absolute atomic E-state index is 12.4. The van der Waals surface area contributed by atoms with E-state index in [-0.39, 0.29) is 17.0 Å². The first-order valence-corrected chi connectivity index (χ1v) is 8.33. The summed E-state index contributed by atoms with van der Waals surface area (Å²) >= 11 is 0. The van der Waals surface area contributed by atoms with Crippen LogP contribution in [0.5, 0.6) is 0 Å². The fourth-order valence-electron chi connectivity index (χ4n) is 1.85. The molecule has 7 heteroatoms. The highest BCUT2D eigenvalue weighted by Crippen LogP contribution is 2.16. The van der Waals surface area contributed by atoms with Crippen LogP contribution in [-0.4, -0.2) is 49.5 Å². The number of carbonyl (C=O) groups is 1. The van der Waals surface area contributed by atoms with Crippen LogP contribution in [0.2, 0.25) is 0 Å². The van der Waals surface area contributed by atoms with Crippen molar-refractivity contribution in [1.82, 2.24) is 9.62 Å². The van der Waals surface area contributed by atoms with Crippen LogP contribution in [0, 0.1) is 0 Å². The fraction of sp³-hybridized carbons (Fsp3) is 0.500. The summed E-state index contributed by atoms with van der Waals surface area (Å²) in [5.41, 5.74) is 0.254. The molecule has 0 heterocycles. The van der Waals surface area contributed by atoms with E-state index >= 15 is 0 Å². The standard InChI is InChI=1S/C14H22N2O4S/c1-4-16(5-2)21(19,20)13-8-6-7-12(9-13)14(18)15-10-11(3)17/h6-9,11,17H,4-5,10H2,1-3H3,(H,15,18)/t11-/m1/s1. The van der Waals surface area contributed by atoms with Gasteiger partial charge in [-0.3, -0.25) is 4.79 Å². The van der Waals surface area contributed by atoms with Crippen molar-refractivity contribution in [3.05, 3.63) is 29.8 Å². The molecule has 0 unspecified atom stereocenters. The van der Waals surface area contributed by atoms with Crippen molar-refractivity contribution in [2.75, 3.05) is 19.6 Å². The number of hydrogen-bond donors (Lipinski definition) is 2. The zero-order chi connectivity index (χ0) is 16.0. The van der Waals surface area contributed by atoms with Crippen molar-refractivity contribution < 1.29 is 18.3 Å². The molecule has 1 aromatic carbocycles. The van der Waals surface area contributed by atoms with Gasteiger partial charge in [0.15, 0.2) is 0 Å². The smallest absolute Gasteiger partial charge is 0.251 e. The third-order valence-corrected chi connectivity index (χ3v) is 5.04. The van der Waals surface area contributed by atoms with Crippen LogP contribution in [0.25, 0.3) is 0 Å². The van der Waals surface area contributed by atoms with Crippen molar-refractivity contribution >= 4 is 15.9 Å². The van der Waals surface area contributed by atoms with Gasteiger partial charge in [0.2, 0.25) is 10.0 Å². The lowest BCUT2D eigenvalue weighted by Crippen LogP contribution is -2.32. The average molecular weight is 314 g/mol. The predicted molar refractivity (Wildman–Crippen MR) is 80.6 cm³/mol. The van der Waals surface area contributed by atoms with Crippen LogP contribution in [0.15, 0.2) is 29.2 Å². The molecule has 0 fully saturated rings. The van der Waals surface area contributed by atoms with Crippen LogP contribution < -0.4 is 5.32 Å². The maximum Gasteiger partial charge on any atom is 0.251 e. The Morgan fingerprint density at radius 2 is 1.95 bits per heavy atom. The van der Waals surface area contributed by atoms with Crippen LogP contribution in [0.4, 0.5) is 0 Å². The molecule has 21 heavy (non-hydrogen) atoms. The summed E-state index contributed by atoms with van der Waals surface area (Å²) in [4.78, 5) is 12.0. The summed E-state index contributed by atoms with van der Waals surface area (Å²) < 4.78 is 26.1. The van der Waals surface area contributed by atoms with Gasteiger partial charge in [-0.25, -0.2) is 8.42 Å². The van der Waals surface area contributed by atoms with Gasteiger partial charge in [-0.2, -0.15) is 4.31 Å². The van der Waals surface area contributed by atoms with Crippen LogP contribution in [0.3, 0.4) is 0 Å². The van der Waals surface area contributed by atoms with Gasteiger partial charge in [0, 0.05) is 25.2 Å². The Kier molecular flexibility index (Phi) is 6.32. The summed E-state index contributed by atoms with van der Waals surface area (Å²) in [5, 5.41) is 11.7. The third kappa shape index (κ3) is 4.52. The zero-order valence-corrected chi connectivity index (χ0v) is 13.4. The lowest BCUT2D eigenvalue weighted by atomic mass is 10.2. The average Bonchev–Trinajstić information content (AvgIpc) is 2.45. The monoisotopic (exact) mass is 314 g/mol. The molecular weight excluding hydrogens is 292 g/mol. The van der Waals surface area contributed by atoms with Crippen molar-refractivity contribution in [3.63, 3.8) is 0 Å². The first-order chi connectivity index (χ1) is 9.82. The van der Waals surface area contributed by atoms with Crippen molar-refractivity contribution in [2.45, 2.75) is 31.8 Å². The molecule has 0 aromatic heterocycles. The van der Waals surface area contributed by atoms with Crippen molar-refractivity contribution in [2.24, 2.45) is 0 Å². The van der Waals surface area contributed by atoms with Gasteiger partial charge in [-0.05, 0) is 25.1 Å². The highest BCUT2D eigenvalue weighted by atomic mass is 32.2.